The average molecular weight is 253 g/mol. The standard InChI is InChI=1S/C12H13ClN2O2/c1-8(5-6-12(16)17)15-11-4-2-3-10(13)9(11)7-14/h2-4,8,15H,5-6H2,1H3,(H,16,17). The number of nitrogens with one attached hydrogen (secondary N) is 1. The van der Waals surface area contributed by atoms with E-state index < -0.39 is 5.97 Å². The first-order valence-electron chi connectivity index (χ1n) is 5.21. The zero-order valence-electron chi connectivity index (χ0n) is 9.40. The van der Waals surface area contributed by atoms with Crippen LogP contribution in [-0.2, 0) is 4.79 Å². The third kappa shape index (κ3) is 3.97. The molecule has 0 amide bonds. The van der Waals surface area contributed by atoms with Crippen LogP contribution >= 0.6 is 11.6 Å². The molecule has 0 heterocycles. The number of aliphatic carboxylic acids is 1. The van der Waals surface area contributed by atoms with Crippen molar-refractivity contribution in [3.63, 3.8) is 0 Å². The summed E-state index contributed by atoms with van der Waals surface area (Å²) in [5.74, 6) is -0.828. The third-order valence-electron chi connectivity index (χ3n) is 2.32. The predicted octanol–water partition coefficient (Wildman–Crippen LogP) is 2.88. The van der Waals surface area contributed by atoms with Crippen LogP contribution < -0.4 is 5.32 Å². The highest BCUT2D eigenvalue weighted by atomic mass is 35.5. The zero-order valence-corrected chi connectivity index (χ0v) is 10.2. The second kappa shape index (κ2) is 6.12. The van der Waals surface area contributed by atoms with Gasteiger partial charge in [0.25, 0.3) is 0 Å². The minimum Gasteiger partial charge on any atom is -0.481 e. The number of benzene rings is 1. The van der Waals surface area contributed by atoms with Crippen LogP contribution in [0.5, 0.6) is 0 Å². The van der Waals surface area contributed by atoms with Gasteiger partial charge in [0, 0.05) is 12.5 Å². The fourth-order valence-corrected chi connectivity index (χ4v) is 1.65. The first-order chi connectivity index (χ1) is 8.04. The van der Waals surface area contributed by atoms with E-state index in [-0.39, 0.29) is 12.5 Å². The second-order valence-corrected chi connectivity index (χ2v) is 4.16. The van der Waals surface area contributed by atoms with Crippen molar-refractivity contribution in [3.05, 3.63) is 28.8 Å². The summed E-state index contributed by atoms with van der Waals surface area (Å²) in [5.41, 5.74) is 1.02. The van der Waals surface area contributed by atoms with Crippen molar-refractivity contribution in [1.29, 1.82) is 5.26 Å². The van der Waals surface area contributed by atoms with E-state index in [1.165, 1.54) is 0 Å². The lowest BCUT2D eigenvalue weighted by Gasteiger charge is -2.15. The number of nitriles is 1. The maximum Gasteiger partial charge on any atom is 0.303 e. The molecule has 0 aliphatic heterocycles. The van der Waals surface area contributed by atoms with Crippen LogP contribution in [0.3, 0.4) is 0 Å². The molecule has 5 heteroatoms. The Morgan fingerprint density at radius 2 is 2.35 bits per heavy atom. The third-order valence-corrected chi connectivity index (χ3v) is 2.63. The normalized spacial score (nSPS) is 11.6. The van der Waals surface area contributed by atoms with Crippen molar-refractivity contribution < 1.29 is 9.90 Å². The monoisotopic (exact) mass is 252 g/mol. The highest BCUT2D eigenvalue weighted by Crippen LogP contribution is 2.24. The summed E-state index contributed by atoms with van der Waals surface area (Å²) in [6.45, 7) is 1.87. The topological polar surface area (TPSA) is 73.1 Å². The Bertz CT molecular complexity index is 454. The minimum atomic E-state index is -0.828. The van der Waals surface area contributed by atoms with Gasteiger partial charge in [0.1, 0.15) is 6.07 Å². The molecule has 90 valence electrons. The van der Waals surface area contributed by atoms with Crippen LogP contribution in [0.1, 0.15) is 25.3 Å². The van der Waals surface area contributed by atoms with Gasteiger partial charge in [-0.2, -0.15) is 5.26 Å². The Morgan fingerprint density at radius 3 is 2.94 bits per heavy atom. The first kappa shape index (κ1) is 13.3. The molecule has 17 heavy (non-hydrogen) atoms. The Kier molecular flexibility index (Phi) is 4.80. The molecule has 0 bridgehead atoms. The van der Waals surface area contributed by atoms with Gasteiger partial charge in [0.2, 0.25) is 0 Å². The maximum absolute atomic E-state index is 10.4. The average Bonchev–Trinajstić information content (AvgIpc) is 2.27. The molecule has 0 aromatic heterocycles. The summed E-state index contributed by atoms with van der Waals surface area (Å²) in [7, 11) is 0. The van der Waals surface area contributed by atoms with Crippen molar-refractivity contribution in [2.24, 2.45) is 0 Å². The maximum atomic E-state index is 10.4. The summed E-state index contributed by atoms with van der Waals surface area (Å²) < 4.78 is 0. The van der Waals surface area contributed by atoms with E-state index >= 15 is 0 Å². The van der Waals surface area contributed by atoms with Crippen LogP contribution in [0.15, 0.2) is 18.2 Å². The van der Waals surface area contributed by atoms with E-state index in [0.717, 1.165) is 0 Å². The number of anilines is 1. The Hall–Kier alpha value is -1.73. The summed E-state index contributed by atoms with van der Waals surface area (Å²) >= 11 is 5.88. The van der Waals surface area contributed by atoms with Gasteiger partial charge in [-0.05, 0) is 25.5 Å². The smallest absolute Gasteiger partial charge is 0.303 e. The summed E-state index contributed by atoms with van der Waals surface area (Å²) in [4.78, 5) is 10.4. The number of hydrogen-bond donors (Lipinski definition) is 2. The van der Waals surface area contributed by atoms with Gasteiger partial charge < -0.3 is 10.4 Å². The lowest BCUT2D eigenvalue weighted by Crippen LogP contribution is -2.17. The molecule has 1 unspecified atom stereocenters. The van der Waals surface area contributed by atoms with Crippen LogP contribution in [0.25, 0.3) is 0 Å². The highest BCUT2D eigenvalue weighted by Gasteiger charge is 2.10. The summed E-state index contributed by atoms with van der Waals surface area (Å²) in [6, 6.07) is 7.14. The fourth-order valence-electron chi connectivity index (χ4n) is 1.44. The van der Waals surface area contributed by atoms with E-state index in [4.69, 9.17) is 22.0 Å². The first-order valence-corrected chi connectivity index (χ1v) is 5.59. The summed E-state index contributed by atoms with van der Waals surface area (Å²) in [5, 5.41) is 21.0. The number of hydrogen-bond acceptors (Lipinski definition) is 3. The molecule has 1 atom stereocenters. The Balaban J connectivity index is 2.72. The highest BCUT2D eigenvalue weighted by molar-refractivity contribution is 6.32. The van der Waals surface area contributed by atoms with Crippen LogP contribution in [0, 0.1) is 11.3 Å². The lowest BCUT2D eigenvalue weighted by molar-refractivity contribution is -0.137. The number of carboxylic acid groups (broad SMARTS) is 1. The molecule has 0 saturated heterocycles. The van der Waals surface area contributed by atoms with Crippen LogP contribution in [0.4, 0.5) is 5.69 Å². The molecule has 0 radical (unpaired) electrons. The molecular formula is C12H13ClN2O2. The zero-order chi connectivity index (χ0) is 12.8. The molecule has 1 aromatic carbocycles. The molecule has 0 saturated carbocycles. The molecule has 0 aliphatic carbocycles. The van der Waals surface area contributed by atoms with E-state index in [0.29, 0.717) is 22.7 Å². The predicted molar refractivity (Wildman–Crippen MR) is 66.1 cm³/mol. The van der Waals surface area contributed by atoms with E-state index in [1.807, 2.05) is 13.0 Å². The van der Waals surface area contributed by atoms with Gasteiger partial charge in [-0.25, -0.2) is 0 Å². The van der Waals surface area contributed by atoms with Crippen molar-refractivity contribution in [2.75, 3.05) is 5.32 Å². The largest absolute Gasteiger partial charge is 0.481 e. The van der Waals surface area contributed by atoms with Gasteiger partial charge in [-0.3, -0.25) is 4.79 Å². The molecule has 0 aliphatic rings. The SMILES string of the molecule is CC(CCC(=O)O)Nc1cccc(Cl)c1C#N. The van der Waals surface area contributed by atoms with E-state index in [1.54, 1.807) is 18.2 Å². The van der Waals surface area contributed by atoms with E-state index in [2.05, 4.69) is 5.32 Å². The molecule has 0 spiro atoms. The quantitative estimate of drug-likeness (QED) is 0.845. The van der Waals surface area contributed by atoms with Gasteiger partial charge in [0.05, 0.1) is 16.3 Å². The number of carbonyl (C=O) groups is 1. The summed E-state index contributed by atoms with van der Waals surface area (Å²) in [6.07, 6.45) is 0.587. The number of rotatable bonds is 5. The molecule has 2 N–H and O–H groups in total. The molecular weight excluding hydrogens is 240 g/mol. The Morgan fingerprint density at radius 1 is 1.65 bits per heavy atom. The van der Waals surface area contributed by atoms with Crippen molar-refractivity contribution >= 4 is 23.3 Å². The molecule has 0 fully saturated rings. The Labute approximate surface area is 105 Å². The second-order valence-electron chi connectivity index (χ2n) is 3.75. The number of nitrogens with zero attached hydrogens (tertiary/aromatic N) is 1. The van der Waals surface area contributed by atoms with Gasteiger partial charge >= 0.3 is 5.97 Å². The molecule has 1 aromatic rings. The van der Waals surface area contributed by atoms with Crippen LogP contribution in [0.2, 0.25) is 5.02 Å². The van der Waals surface area contributed by atoms with E-state index in [9.17, 15) is 4.79 Å². The number of halogens is 1. The lowest BCUT2D eigenvalue weighted by atomic mass is 10.1. The van der Waals surface area contributed by atoms with Crippen molar-refractivity contribution in [2.45, 2.75) is 25.8 Å². The number of carboxylic acids is 1. The van der Waals surface area contributed by atoms with Crippen molar-refractivity contribution in [1.82, 2.24) is 0 Å². The van der Waals surface area contributed by atoms with Crippen LogP contribution in [-0.4, -0.2) is 17.1 Å². The fraction of sp³-hybridized carbons (Fsp3) is 0.333. The molecule has 1 rings (SSSR count). The van der Waals surface area contributed by atoms with Gasteiger partial charge in [0.15, 0.2) is 0 Å². The van der Waals surface area contributed by atoms with Gasteiger partial charge in [-0.15, -0.1) is 0 Å². The van der Waals surface area contributed by atoms with Crippen molar-refractivity contribution in [3.8, 4) is 6.07 Å². The molecule has 4 nitrogen and oxygen atoms in total. The van der Waals surface area contributed by atoms with Gasteiger partial charge in [-0.1, -0.05) is 17.7 Å². The minimum absolute atomic E-state index is 0.0309.